The molecule has 5 nitrogen and oxygen atoms in total. The molecule has 2 N–H and O–H groups in total. The summed E-state index contributed by atoms with van der Waals surface area (Å²) in [5.41, 5.74) is 11.5. The molecule has 0 aliphatic carbocycles. The van der Waals surface area contributed by atoms with E-state index in [1.165, 1.54) is 6.33 Å². The smallest absolute Gasteiger partial charge is 0.217 e. The number of hydrogen-bond acceptors (Lipinski definition) is 4. The maximum absolute atomic E-state index is 11.2. The van der Waals surface area contributed by atoms with Crippen molar-refractivity contribution in [3.8, 4) is 22.3 Å². The summed E-state index contributed by atoms with van der Waals surface area (Å²) in [6.07, 6.45) is 7.75. The molecule has 0 radical (unpaired) electrons. The zero-order valence-electron chi connectivity index (χ0n) is 13.4. The Kier molecular flexibility index (Phi) is 4.61. The Bertz CT molecular complexity index is 862. The number of carbonyl (C=O) groups is 1. The number of pyridine rings is 1. The number of primary amides is 1. The maximum Gasteiger partial charge on any atom is 0.217 e. The van der Waals surface area contributed by atoms with E-state index in [-0.39, 0.29) is 5.91 Å². The molecule has 3 rings (SSSR count). The topological polar surface area (TPSA) is 81.8 Å². The number of rotatable bonds is 5. The van der Waals surface area contributed by atoms with E-state index in [1.807, 2.05) is 25.1 Å². The van der Waals surface area contributed by atoms with E-state index in [0.717, 1.165) is 33.5 Å². The lowest BCUT2D eigenvalue weighted by molar-refractivity contribution is -0.117. The van der Waals surface area contributed by atoms with E-state index in [9.17, 15) is 4.79 Å². The van der Waals surface area contributed by atoms with E-state index in [2.05, 4.69) is 27.1 Å². The molecule has 0 fully saturated rings. The van der Waals surface area contributed by atoms with Gasteiger partial charge in [-0.25, -0.2) is 9.97 Å². The Balaban J connectivity index is 2.06. The van der Waals surface area contributed by atoms with Crippen LogP contribution in [0, 0.1) is 6.92 Å². The van der Waals surface area contributed by atoms with Gasteiger partial charge in [0.05, 0.1) is 0 Å². The second kappa shape index (κ2) is 7.00. The maximum atomic E-state index is 11.2. The highest BCUT2D eigenvalue weighted by atomic mass is 16.1. The third-order valence-electron chi connectivity index (χ3n) is 3.85. The molecule has 0 unspecified atom stereocenters. The molecule has 0 saturated heterocycles. The minimum atomic E-state index is -0.305. The molecule has 0 saturated carbocycles. The van der Waals surface area contributed by atoms with Gasteiger partial charge >= 0.3 is 0 Å². The summed E-state index contributed by atoms with van der Waals surface area (Å²) in [5.74, 6) is -0.305. The van der Waals surface area contributed by atoms with Gasteiger partial charge in [0, 0.05) is 36.3 Å². The lowest BCUT2D eigenvalue weighted by atomic mass is 9.93. The molecule has 0 spiro atoms. The molecule has 120 valence electrons. The number of benzene rings is 1. The highest BCUT2D eigenvalue weighted by Gasteiger charge is 2.10. The Hall–Kier alpha value is -3.08. The van der Waals surface area contributed by atoms with Crippen LogP contribution in [-0.2, 0) is 11.2 Å². The molecule has 1 amide bonds. The van der Waals surface area contributed by atoms with Crippen LogP contribution in [0.25, 0.3) is 22.3 Å². The van der Waals surface area contributed by atoms with Crippen molar-refractivity contribution in [1.29, 1.82) is 0 Å². The van der Waals surface area contributed by atoms with Crippen molar-refractivity contribution in [2.45, 2.75) is 19.8 Å². The normalized spacial score (nSPS) is 10.5. The Morgan fingerprint density at radius 1 is 1.04 bits per heavy atom. The fourth-order valence-electron chi connectivity index (χ4n) is 2.68. The number of aryl methyl sites for hydroxylation is 2. The minimum absolute atomic E-state index is 0.305. The highest BCUT2D eigenvalue weighted by Crippen LogP contribution is 2.29. The first-order chi connectivity index (χ1) is 11.6. The zero-order chi connectivity index (χ0) is 16.9. The number of carbonyl (C=O) groups excluding carboxylic acids is 1. The fourth-order valence-corrected chi connectivity index (χ4v) is 2.68. The van der Waals surface area contributed by atoms with E-state index in [4.69, 9.17) is 5.73 Å². The molecule has 0 atom stereocenters. The zero-order valence-corrected chi connectivity index (χ0v) is 13.4. The summed E-state index contributed by atoms with van der Waals surface area (Å²) in [4.78, 5) is 23.6. The van der Waals surface area contributed by atoms with Crippen LogP contribution < -0.4 is 5.73 Å². The van der Waals surface area contributed by atoms with Gasteiger partial charge in [-0.1, -0.05) is 18.2 Å². The van der Waals surface area contributed by atoms with E-state index in [0.29, 0.717) is 12.8 Å². The first-order valence-electron chi connectivity index (χ1n) is 7.73. The van der Waals surface area contributed by atoms with Crippen molar-refractivity contribution >= 4 is 5.91 Å². The number of nitrogens with two attached hydrogens (primary N) is 1. The molecule has 2 aromatic heterocycles. The van der Waals surface area contributed by atoms with Crippen LogP contribution in [0.2, 0.25) is 0 Å². The van der Waals surface area contributed by atoms with Crippen LogP contribution in [0.1, 0.15) is 17.7 Å². The molecule has 3 aromatic rings. The lowest BCUT2D eigenvalue weighted by Crippen LogP contribution is -2.11. The molecule has 5 heteroatoms. The Labute approximate surface area is 140 Å². The summed E-state index contributed by atoms with van der Waals surface area (Å²) in [6.45, 7) is 1.96. The van der Waals surface area contributed by atoms with Crippen molar-refractivity contribution < 1.29 is 4.79 Å². The average molecular weight is 318 g/mol. The molecule has 2 heterocycles. The molecule has 24 heavy (non-hydrogen) atoms. The number of nitrogens with zero attached hydrogens (tertiary/aromatic N) is 3. The van der Waals surface area contributed by atoms with Crippen molar-refractivity contribution in [3.63, 3.8) is 0 Å². The third kappa shape index (κ3) is 3.63. The summed E-state index contributed by atoms with van der Waals surface area (Å²) in [7, 11) is 0. The van der Waals surface area contributed by atoms with E-state index >= 15 is 0 Å². The second-order valence-electron chi connectivity index (χ2n) is 5.65. The first kappa shape index (κ1) is 15.8. The predicted molar refractivity (Wildman–Crippen MR) is 93.0 cm³/mol. The minimum Gasteiger partial charge on any atom is -0.370 e. The third-order valence-corrected chi connectivity index (χ3v) is 3.85. The van der Waals surface area contributed by atoms with Crippen LogP contribution in [0.5, 0.6) is 0 Å². The average Bonchev–Trinajstić information content (AvgIpc) is 2.60. The van der Waals surface area contributed by atoms with Gasteiger partial charge in [-0.2, -0.15) is 0 Å². The predicted octanol–water partition coefficient (Wildman–Crippen LogP) is 2.93. The van der Waals surface area contributed by atoms with Gasteiger partial charge in [-0.15, -0.1) is 0 Å². The SMILES string of the molecule is Cc1cc(-c2ccc(-c3cncnc3)cc2CCC(N)=O)ccn1. The van der Waals surface area contributed by atoms with Crippen LogP contribution in [0.15, 0.2) is 55.2 Å². The van der Waals surface area contributed by atoms with Gasteiger partial charge in [-0.3, -0.25) is 9.78 Å². The summed E-state index contributed by atoms with van der Waals surface area (Å²) in [6, 6.07) is 10.2. The fraction of sp³-hybridized carbons (Fsp3) is 0.158. The monoisotopic (exact) mass is 318 g/mol. The van der Waals surface area contributed by atoms with E-state index in [1.54, 1.807) is 18.6 Å². The second-order valence-corrected chi connectivity index (χ2v) is 5.65. The standard InChI is InChI=1S/C19H18N4O/c1-13-8-16(6-7-23-13)18-4-2-14(17-10-21-12-22-11-17)9-15(18)3-5-19(20)24/h2,4,6-12H,3,5H2,1H3,(H2,20,24). The molecule has 0 aliphatic heterocycles. The number of amides is 1. The van der Waals surface area contributed by atoms with Crippen LogP contribution in [-0.4, -0.2) is 20.9 Å². The highest BCUT2D eigenvalue weighted by molar-refractivity contribution is 5.76. The van der Waals surface area contributed by atoms with E-state index < -0.39 is 0 Å². The van der Waals surface area contributed by atoms with Gasteiger partial charge < -0.3 is 5.73 Å². The molecule has 0 bridgehead atoms. The van der Waals surface area contributed by atoms with Gasteiger partial charge in [0.1, 0.15) is 6.33 Å². The van der Waals surface area contributed by atoms with Gasteiger partial charge in [0.2, 0.25) is 5.91 Å². The summed E-state index contributed by atoms with van der Waals surface area (Å²) >= 11 is 0. The van der Waals surface area contributed by atoms with Gasteiger partial charge in [-0.05, 0) is 47.7 Å². The quantitative estimate of drug-likeness (QED) is 0.784. The summed E-state index contributed by atoms with van der Waals surface area (Å²) < 4.78 is 0. The van der Waals surface area contributed by atoms with Gasteiger partial charge in [0.15, 0.2) is 0 Å². The lowest BCUT2D eigenvalue weighted by Gasteiger charge is -2.12. The van der Waals surface area contributed by atoms with Crippen LogP contribution in [0.4, 0.5) is 0 Å². The Morgan fingerprint density at radius 3 is 2.54 bits per heavy atom. The van der Waals surface area contributed by atoms with Gasteiger partial charge in [0.25, 0.3) is 0 Å². The molecular formula is C19H18N4O. The first-order valence-corrected chi connectivity index (χ1v) is 7.73. The number of hydrogen-bond donors (Lipinski definition) is 1. The number of aromatic nitrogens is 3. The van der Waals surface area contributed by atoms with Crippen molar-refractivity contribution in [2.75, 3.05) is 0 Å². The van der Waals surface area contributed by atoms with Crippen LogP contribution in [0.3, 0.4) is 0 Å². The summed E-state index contributed by atoms with van der Waals surface area (Å²) in [5, 5.41) is 0. The van der Waals surface area contributed by atoms with Crippen LogP contribution >= 0.6 is 0 Å². The van der Waals surface area contributed by atoms with Crippen molar-refractivity contribution in [1.82, 2.24) is 15.0 Å². The van der Waals surface area contributed by atoms with Crippen molar-refractivity contribution in [2.24, 2.45) is 5.73 Å². The Morgan fingerprint density at radius 2 is 1.83 bits per heavy atom. The molecule has 1 aromatic carbocycles. The van der Waals surface area contributed by atoms with Crippen molar-refractivity contribution in [3.05, 3.63) is 66.5 Å². The molecular weight excluding hydrogens is 300 g/mol. The largest absolute Gasteiger partial charge is 0.370 e. The molecule has 0 aliphatic rings.